The van der Waals surface area contributed by atoms with Crippen LogP contribution in [0.25, 0.3) is 5.69 Å². The summed E-state index contributed by atoms with van der Waals surface area (Å²) in [5.41, 5.74) is 1.22. The molecule has 0 radical (unpaired) electrons. The van der Waals surface area contributed by atoms with E-state index in [-0.39, 0.29) is 5.91 Å². The molecule has 2 aromatic rings. The van der Waals surface area contributed by atoms with Gasteiger partial charge in [0, 0.05) is 19.4 Å². The third-order valence-corrected chi connectivity index (χ3v) is 1.98. The van der Waals surface area contributed by atoms with Gasteiger partial charge in [-0.2, -0.15) is 5.10 Å². The molecule has 0 aliphatic heterocycles. The van der Waals surface area contributed by atoms with Crippen molar-refractivity contribution < 1.29 is 4.79 Å². The molecule has 0 aliphatic carbocycles. The van der Waals surface area contributed by atoms with Crippen LogP contribution in [0.5, 0.6) is 0 Å². The molecule has 76 valence electrons. The molecule has 2 aromatic heterocycles. The molecule has 2 rings (SSSR count). The summed E-state index contributed by atoms with van der Waals surface area (Å²) in [5.74, 6) is -0.193. The Morgan fingerprint density at radius 1 is 1.47 bits per heavy atom. The molecule has 2 heterocycles. The van der Waals surface area contributed by atoms with Gasteiger partial charge in [0.1, 0.15) is 5.69 Å². The predicted octanol–water partition coefficient (Wildman–Crippen LogP) is 0.627. The highest BCUT2D eigenvalue weighted by Gasteiger charge is 2.04. The molecule has 0 aliphatic rings. The molecule has 0 atom stereocenters. The lowest BCUT2D eigenvalue weighted by atomic mass is 10.3. The van der Waals surface area contributed by atoms with Crippen molar-refractivity contribution in [3.05, 3.63) is 42.5 Å². The van der Waals surface area contributed by atoms with Crippen LogP contribution in [0.4, 0.5) is 0 Å². The summed E-state index contributed by atoms with van der Waals surface area (Å²) < 4.78 is 1.68. The van der Waals surface area contributed by atoms with Gasteiger partial charge in [-0.1, -0.05) is 0 Å². The molecule has 0 bridgehead atoms. The Bertz CT molecular complexity index is 447. The maximum absolute atomic E-state index is 11.2. The molecular weight excluding hydrogens is 192 g/mol. The monoisotopic (exact) mass is 202 g/mol. The largest absolute Gasteiger partial charge is 0.354 e. The highest BCUT2D eigenvalue weighted by atomic mass is 16.1. The third-order valence-electron chi connectivity index (χ3n) is 1.98. The van der Waals surface area contributed by atoms with Crippen LogP contribution < -0.4 is 5.32 Å². The minimum Gasteiger partial charge on any atom is -0.354 e. The average molecular weight is 202 g/mol. The molecule has 5 heteroatoms. The van der Waals surface area contributed by atoms with E-state index in [4.69, 9.17) is 0 Å². The summed E-state index contributed by atoms with van der Waals surface area (Å²) >= 11 is 0. The number of carbonyl (C=O) groups is 1. The summed E-state index contributed by atoms with van der Waals surface area (Å²) in [6.07, 6.45) is 5.11. The van der Waals surface area contributed by atoms with Crippen LogP contribution in [-0.4, -0.2) is 27.7 Å². The van der Waals surface area contributed by atoms with Gasteiger partial charge in [0.05, 0.1) is 11.9 Å². The normalized spacial score (nSPS) is 9.93. The van der Waals surface area contributed by atoms with Crippen molar-refractivity contribution in [2.75, 3.05) is 7.05 Å². The van der Waals surface area contributed by atoms with Crippen LogP contribution in [0.15, 0.2) is 36.8 Å². The molecule has 0 spiro atoms. The van der Waals surface area contributed by atoms with Crippen LogP contribution in [0.2, 0.25) is 0 Å². The molecule has 15 heavy (non-hydrogen) atoms. The second-order valence-electron chi connectivity index (χ2n) is 2.93. The maximum atomic E-state index is 11.2. The lowest BCUT2D eigenvalue weighted by molar-refractivity contribution is 0.0958. The number of nitrogens with zero attached hydrogens (tertiary/aromatic N) is 3. The first kappa shape index (κ1) is 9.39. The van der Waals surface area contributed by atoms with Crippen molar-refractivity contribution in [3.63, 3.8) is 0 Å². The second-order valence-corrected chi connectivity index (χ2v) is 2.93. The van der Waals surface area contributed by atoms with E-state index in [0.29, 0.717) is 5.69 Å². The van der Waals surface area contributed by atoms with Crippen LogP contribution in [-0.2, 0) is 0 Å². The first-order chi connectivity index (χ1) is 7.31. The van der Waals surface area contributed by atoms with Crippen molar-refractivity contribution in [1.82, 2.24) is 20.1 Å². The van der Waals surface area contributed by atoms with Crippen LogP contribution in [0.3, 0.4) is 0 Å². The fourth-order valence-corrected chi connectivity index (χ4v) is 1.21. The standard InChI is InChI=1S/C10H10N4O/c1-11-10(15)9-4-3-8(7-12-9)14-6-2-5-13-14/h2-7H,1H3,(H,11,15). The van der Waals surface area contributed by atoms with E-state index in [2.05, 4.69) is 15.4 Å². The highest BCUT2D eigenvalue weighted by Crippen LogP contribution is 2.04. The topological polar surface area (TPSA) is 59.8 Å². The van der Waals surface area contributed by atoms with E-state index < -0.39 is 0 Å². The number of carbonyl (C=O) groups excluding carboxylic acids is 1. The van der Waals surface area contributed by atoms with Crippen LogP contribution in [0.1, 0.15) is 10.5 Å². The Labute approximate surface area is 86.8 Å². The smallest absolute Gasteiger partial charge is 0.269 e. The van der Waals surface area contributed by atoms with E-state index in [1.807, 2.05) is 12.3 Å². The number of pyridine rings is 1. The van der Waals surface area contributed by atoms with Gasteiger partial charge < -0.3 is 5.32 Å². The zero-order valence-electron chi connectivity index (χ0n) is 8.21. The molecule has 1 amide bonds. The zero-order chi connectivity index (χ0) is 10.7. The lowest BCUT2D eigenvalue weighted by Gasteiger charge is -2.02. The summed E-state index contributed by atoms with van der Waals surface area (Å²) in [6.45, 7) is 0. The van der Waals surface area contributed by atoms with Crippen molar-refractivity contribution in [2.24, 2.45) is 0 Å². The molecule has 0 unspecified atom stereocenters. The van der Waals surface area contributed by atoms with Gasteiger partial charge in [-0.3, -0.25) is 4.79 Å². The molecule has 0 saturated carbocycles. The summed E-state index contributed by atoms with van der Waals surface area (Å²) in [4.78, 5) is 15.2. The Hall–Kier alpha value is -2.17. The Morgan fingerprint density at radius 3 is 2.87 bits per heavy atom. The Morgan fingerprint density at radius 2 is 2.33 bits per heavy atom. The first-order valence-electron chi connectivity index (χ1n) is 4.49. The number of amides is 1. The number of hydrogen-bond acceptors (Lipinski definition) is 3. The first-order valence-corrected chi connectivity index (χ1v) is 4.49. The SMILES string of the molecule is CNC(=O)c1ccc(-n2cccn2)cn1. The zero-order valence-corrected chi connectivity index (χ0v) is 8.21. The molecule has 5 nitrogen and oxygen atoms in total. The van der Waals surface area contributed by atoms with E-state index >= 15 is 0 Å². The molecule has 1 N–H and O–H groups in total. The summed E-state index contributed by atoms with van der Waals surface area (Å²) in [5, 5.41) is 6.57. The van der Waals surface area contributed by atoms with E-state index in [9.17, 15) is 4.79 Å². The van der Waals surface area contributed by atoms with Crippen LogP contribution >= 0.6 is 0 Å². The van der Waals surface area contributed by atoms with Crippen molar-refractivity contribution in [3.8, 4) is 5.69 Å². The summed E-state index contributed by atoms with van der Waals surface area (Å²) in [6, 6.07) is 5.28. The predicted molar refractivity (Wildman–Crippen MR) is 54.7 cm³/mol. The number of rotatable bonds is 2. The highest BCUT2D eigenvalue weighted by molar-refractivity contribution is 5.92. The van der Waals surface area contributed by atoms with E-state index in [1.165, 1.54) is 0 Å². The maximum Gasteiger partial charge on any atom is 0.269 e. The Kier molecular flexibility index (Phi) is 2.45. The van der Waals surface area contributed by atoms with Crippen molar-refractivity contribution >= 4 is 5.91 Å². The molecule has 0 fully saturated rings. The van der Waals surface area contributed by atoms with Crippen LogP contribution in [0, 0.1) is 0 Å². The Balaban J connectivity index is 2.29. The third kappa shape index (κ3) is 1.85. The van der Waals surface area contributed by atoms with E-state index in [1.54, 1.807) is 36.3 Å². The molecule has 0 saturated heterocycles. The lowest BCUT2D eigenvalue weighted by Crippen LogP contribution is -2.19. The van der Waals surface area contributed by atoms with Gasteiger partial charge in [0.2, 0.25) is 0 Å². The molecular formula is C10H10N4O. The van der Waals surface area contributed by atoms with Gasteiger partial charge in [-0.05, 0) is 18.2 Å². The van der Waals surface area contributed by atoms with Gasteiger partial charge in [-0.25, -0.2) is 9.67 Å². The fraction of sp³-hybridized carbons (Fsp3) is 0.100. The fourth-order valence-electron chi connectivity index (χ4n) is 1.21. The molecule has 0 aromatic carbocycles. The number of nitrogens with one attached hydrogen (secondary N) is 1. The quantitative estimate of drug-likeness (QED) is 0.776. The average Bonchev–Trinajstić information content (AvgIpc) is 2.82. The number of aromatic nitrogens is 3. The van der Waals surface area contributed by atoms with Gasteiger partial charge >= 0.3 is 0 Å². The van der Waals surface area contributed by atoms with Gasteiger partial charge in [0.25, 0.3) is 5.91 Å². The minimum absolute atomic E-state index is 0.193. The van der Waals surface area contributed by atoms with E-state index in [0.717, 1.165) is 5.69 Å². The van der Waals surface area contributed by atoms with Crippen molar-refractivity contribution in [1.29, 1.82) is 0 Å². The minimum atomic E-state index is -0.193. The second kappa shape index (κ2) is 3.91. The van der Waals surface area contributed by atoms with Crippen molar-refractivity contribution in [2.45, 2.75) is 0 Å². The number of hydrogen-bond donors (Lipinski definition) is 1. The van der Waals surface area contributed by atoms with Gasteiger partial charge in [0.15, 0.2) is 0 Å². The van der Waals surface area contributed by atoms with Gasteiger partial charge in [-0.15, -0.1) is 0 Å². The summed E-state index contributed by atoms with van der Waals surface area (Å²) in [7, 11) is 1.57.